The largest absolute Gasteiger partial charge is 0.375 e. The molecule has 0 aromatic heterocycles. The molecule has 3 fully saturated rings. The molecule has 0 radical (unpaired) electrons. The standard InChI is InChI=1S/C21H31N3O2/c1-18(25)22-10-8-21(9-11-22)17-20(7-16-26-21)24-14-12-23(13-15-24)19-5-3-2-4-6-19/h2-6,20H,7-17H2,1H3/t20-/m1/s1. The van der Waals surface area contributed by atoms with Crippen molar-refractivity contribution in [2.45, 2.75) is 44.2 Å². The van der Waals surface area contributed by atoms with E-state index in [4.69, 9.17) is 4.74 Å². The van der Waals surface area contributed by atoms with Gasteiger partial charge in [-0.15, -0.1) is 0 Å². The van der Waals surface area contributed by atoms with Gasteiger partial charge in [-0.2, -0.15) is 0 Å². The molecule has 1 amide bonds. The highest BCUT2D eigenvalue weighted by Gasteiger charge is 2.42. The molecule has 0 unspecified atom stereocenters. The smallest absolute Gasteiger partial charge is 0.219 e. The van der Waals surface area contributed by atoms with Crippen LogP contribution in [0.4, 0.5) is 5.69 Å². The maximum absolute atomic E-state index is 11.6. The van der Waals surface area contributed by atoms with E-state index in [-0.39, 0.29) is 11.5 Å². The second-order valence-corrected chi connectivity index (χ2v) is 8.04. The first kappa shape index (κ1) is 17.8. The van der Waals surface area contributed by atoms with Crippen molar-refractivity contribution < 1.29 is 9.53 Å². The molecule has 1 aromatic rings. The Morgan fingerprint density at radius 3 is 2.38 bits per heavy atom. The number of anilines is 1. The molecule has 3 aliphatic heterocycles. The second kappa shape index (κ2) is 7.57. The van der Waals surface area contributed by atoms with E-state index >= 15 is 0 Å². The molecule has 0 aliphatic carbocycles. The van der Waals surface area contributed by atoms with Crippen molar-refractivity contribution in [2.24, 2.45) is 0 Å². The molecule has 0 saturated carbocycles. The highest BCUT2D eigenvalue weighted by Crippen LogP contribution is 2.37. The summed E-state index contributed by atoms with van der Waals surface area (Å²) in [6.45, 7) is 8.72. The number of likely N-dealkylation sites (tertiary alicyclic amines) is 1. The molecule has 5 nitrogen and oxygen atoms in total. The van der Waals surface area contributed by atoms with Gasteiger partial charge in [0.25, 0.3) is 0 Å². The molecule has 1 spiro atoms. The number of ether oxygens (including phenoxy) is 1. The van der Waals surface area contributed by atoms with Crippen LogP contribution in [0, 0.1) is 0 Å². The predicted molar refractivity (Wildman–Crippen MR) is 103 cm³/mol. The van der Waals surface area contributed by atoms with Crippen LogP contribution < -0.4 is 4.90 Å². The van der Waals surface area contributed by atoms with E-state index in [2.05, 4.69) is 40.1 Å². The van der Waals surface area contributed by atoms with Crippen LogP contribution in [0.15, 0.2) is 30.3 Å². The molecule has 5 heteroatoms. The van der Waals surface area contributed by atoms with Gasteiger partial charge in [0.15, 0.2) is 0 Å². The Morgan fingerprint density at radius 1 is 1.04 bits per heavy atom. The Labute approximate surface area is 156 Å². The zero-order valence-electron chi connectivity index (χ0n) is 15.9. The van der Waals surface area contributed by atoms with Crippen LogP contribution in [0.3, 0.4) is 0 Å². The lowest BCUT2D eigenvalue weighted by Crippen LogP contribution is -2.57. The lowest BCUT2D eigenvalue weighted by Gasteiger charge is -2.49. The molecule has 0 bridgehead atoms. The van der Waals surface area contributed by atoms with Crippen molar-refractivity contribution in [3.05, 3.63) is 30.3 Å². The Kier molecular flexibility index (Phi) is 5.18. The van der Waals surface area contributed by atoms with E-state index < -0.39 is 0 Å². The fourth-order valence-electron chi connectivity index (χ4n) is 4.88. The summed E-state index contributed by atoms with van der Waals surface area (Å²) in [6, 6.07) is 11.4. The minimum absolute atomic E-state index is 0.00539. The van der Waals surface area contributed by atoms with Gasteiger partial charge >= 0.3 is 0 Å². The second-order valence-electron chi connectivity index (χ2n) is 8.04. The Morgan fingerprint density at radius 2 is 1.73 bits per heavy atom. The molecule has 26 heavy (non-hydrogen) atoms. The van der Waals surface area contributed by atoms with Gasteiger partial charge in [0.1, 0.15) is 0 Å². The molecular formula is C21H31N3O2. The number of piperazine rings is 1. The lowest BCUT2D eigenvalue weighted by atomic mass is 9.81. The summed E-state index contributed by atoms with van der Waals surface area (Å²) in [5, 5.41) is 0. The average molecular weight is 357 g/mol. The third-order valence-corrected chi connectivity index (χ3v) is 6.54. The minimum Gasteiger partial charge on any atom is -0.375 e. The Balaban J connectivity index is 1.32. The molecule has 1 atom stereocenters. The fourth-order valence-corrected chi connectivity index (χ4v) is 4.88. The van der Waals surface area contributed by atoms with Gasteiger partial charge in [-0.25, -0.2) is 0 Å². The number of hydrogen-bond donors (Lipinski definition) is 0. The van der Waals surface area contributed by atoms with Crippen molar-refractivity contribution in [1.29, 1.82) is 0 Å². The van der Waals surface area contributed by atoms with Gasteiger partial charge in [0.05, 0.1) is 5.60 Å². The fraction of sp³-hybridized carbons (Fsp3) is 0.667. The SMILES string of the molecule is CC(=O)N1CCC2(CC1)C[C@H](N1CCN(c3ccccc3)CC1)CCO2. The molecule has 142 valence electrons. The first-order valence-corrected chi connectivity index (χ1v) is 10.1. The highest BCUT2D eigenvalue weighted by atomic mass is 16.5. The number of carbonyl (C=O) groups excluding carboxylic acids is 1. The van der Waals surface area contributed by atoms with E-state index in [1.165, 1.54) is 5.69 Å². The normalized spacial score (nSPS) is 26.9. The maximum Gasteiger partial charge on any atom is 0.219 e. The number of nitrogens with zero attached hydrogens (tertiary/aromatic N) is 3. The van der Waals surface area contributed by atoms with Crippen LogP contribution in [0.5, 0.6) is 0 Å². The summed E-state index contributed by atoms with van der Waals surface area (Å²) >= 11 is 0. The number of para-hydroxylation sites is 1. The van der Waals surface area contributed by atoms with Gasteiger partial charge in [0.2, 0.25) is 5.91 Å². The van der Waals surface area contributed by atoms with E-state index in [0.717, 1.165) is 71.6 Å². The number of piperidine rings is 1. The summed E-state index contributed by atoms with van der Waals surface area (Å²) in [6.07, 6.45) is 4.26. The average Bonchev–Trinajstić information content (AvgIpc) is 2.69. The van der Waals surface area contributed by atoms with Gasteiger partial charge in [-0.05, 0) is 37.8 Å². The third kappa shape index (κ3) is 3.74. The van der Waals surface area contributed by atoms with Crippen molar-refractivity contribution in [3.8, 4) is 0 Å². The van der Waals surface area contributed by atoms with Gasteiger partial charge in [-0.3, -0.25) is 9.69 Å². The molecule has 1 aromatic carbocycles. The number of benzene rings is 1. The molecular weight excluding hydrogens is 326 g/mol. The molecule has 0 N–H and O–H groups in total. The molecule has 3 heterocycles. The highest BCUT2D eigenvalue weighted by molar-refractivity contribution is 5.73. The van der Waals surface area contributed by atoms with Crippen LogP contribution in [-0.4, -0.2) is 73.2 Å². The van der Waals surface area contributed by atoms with Gasteiger partial charge in [0, 0.05) is 64.5 Å². The quantitative estimate of drug-likeness (QED) is 0.814. The van der Waals surface area contributed by atoms with E-state index in [9.17, 15) is 4.79 Å². The summed E-state index contributed by atoms with van der Waals surface area (Å²) in [7, 11) is 0. The monoisotopic (exact) mass is 357 g/mol. The number of hydrogen-bond acceptors (Lipinski definition) is 4. The zero-order chi connectivity index (χ0) is 18.0. The summed E-state index contributed by atoms with van der Waals surface area (Å²) in [4.78, 5) is 18.7. The summed E-state index contributed by atoms with van der Waals surface area (Å²) < 4.78 is 6.27. The first-order chi connectivity index (χ1) is 12.7. The van der Waals surface area contributed by atoms with Gasteiger partial charge < -0.3 is 14.5 Å². The maximum atomic E-state index is 11.6. The van der Waals surface area contributed by atoms with Crippen molar-refractivity contribution in [1.82, 2.24) is 9.80 Å². The van der Waals surface area contributed by atoms with Crippen LogP contribution >= 0.6 is 0 Å². The van der Waals surface area contributed by atoms with Crippen LogP contribution in [0.1, 0.15) is 32.6 Å². The number of carbonyl (C=O) groups is 1. The van der Waals surface area contributed by atoms with Crippen molar-refractivity contribution in [3.63, 3.8) is 0 Å². The molecule has 3 saturated heterocycles. The Bertz CT molecular complexity index is 605. The number of rotatable bonds is 2. The van der Waals surface area contributed by atoms with Gasteiger partial charge in [-0.1, -0.05) is 18.2 Å². The topological polar surface area (TPSA) is 36.0 Å². The van der Waals surface area contributed by atoms with Crippen molar-refractivity contribution in [2.75, 3.05) is 50.8 Å². The predicted octanol–water partition coefficient (Wildman–Crippen LogP) is 2.37. The first-order valence-electron chi connectivity index (χ1n) is 10.1. The lowest BCUT2D eigenvalue weighted by molar-refractivity contribution is -0.147. The molecule has 4 rings (SSSR count). The van der Waals surface area contributed by atoms with E-state index in [0.29, 0.717) is 6.04 Å². The van der Waals surface area contributed by atoms with Crippen LogP contribution in [-0.2, 0) is 9.53 Å². The summed E-state index contributed by atoms with van der Waals surface area (Å²) in [5.41, 5.74) is 1.35. The zero-order valence-corrected chi connectivity index (χ0v) is 15.9. The van der Waals surface area contributed by atoms with E-state index in [1.807, 2.05) is 4.90 Å². The number of amides is 1. The summed E-state index contributed by atoms with van der Waals surface area (Å²) in [5.74, 6) is 0.198. The Hall–Kier alpha value is -1.59. The van der Waals surface area contributed by atoms with E-state index in [1.54, 1.807) is 6.92 Å². The van der Waals surface area contributed by atoms with Crippen LogP contribution in [0.25, 0.3) is 0 Å². The minimum atomic E-state index is 0.00539. The van der Waals surface area contributed by atoms with Crippen LogP contribution in [0.2, 0.25) is 0 Å². The third-order valence-electron chi connectivity index (χ3n) is 6.54. The molecule has 3 aliphatic rings. The van der Waals surface area contributed by atoms with Crippen molar-refractivity contribution >= 4 is 11.6 Å².